The van der Waals surface area contributed by atoms with Crippen LogP contribution in [0.2, 0.25) is 0 Å². The van der Waals surface area contributed by atoms with E-state index in [1.807, 2.05) is 30.3 Å². The quantitative estimate of drug-likeness (QED) is 0.731. The maximum Gasteiger partial charge on any atom is 0.229 e. The molecule has 2 aliphatic heterocycles. The molecular weight excluding hydrogens is 418 g/mol. The highest BCUT2D eigenvalue weighted by Crippen LogP contribution is 2.28. The first-order chi connectivity index (χ1) is 15.0. The standard InChI is InChI=1S/C21H25N5O4S/c1-30-13-17-23-24-21(31-17)22-19(28)14-7-9-25(10-8-14)20(29)15-11-18(27)26(12-15)16-5-3-2-4-6-16/h2-6,14-15H,7-13H2,1H3,(H,22,24,28). The number of piperidine rings is 1. The normalized spacial score (nSPS) is 19.6. The summed E-state index contributed by atoms with van der Waals surface area (Å²) in [4.78, 5) is 41.4. The third kappa shape index (κ3) is 4.91. The number of rotatable bonds is 6. The number of nitrogens with zero attached hydrogens (tertiary/aromatic N) is 4. The fourth-order valence-corrected chi connectivity index (χ4v) is 4.76. The van der Waals surface area contributed by atoms with Gasteiger partial charge in [-0.3, -0.25) is 14.4 Å². The molecule has 9 nitrogen and oxygen atoms in total. The molecule has 2 aliphatic rings. The lowest BCUT2D eigenvalue weighted by molar-refractivity contribution is -0.138. The van der Waals surface area contributed by atoms with Gasteiger partial charge in [-0.1, -0.05) is 29.5 Å². The number of likely N-dealkylation sites (tertiary alicyclic amines) is 1. The summed E-state index contributed by atoms with van der Waals surface area (Å²) >= 11 is 1.29. The summed E-state index contributed by atoms with van der Waals surface area (Å²) in [5.74, 6) is -0.635. The van der Waals surface area contributed by atoms with E-state index in [1.165, 1.54) is 11.3 Å². The molecule has 10 heteroatoms. The van der Waals surface area contributed by atoms with Gasteiger partial charge in [0.25, 0.3) is 0 Å². The Bertz CT molecular complexity index is 942. The van der Waals surface area contributed by atoms with Gasteiger partial charge in [-0.15, -0.1) is 10.2 Å². The van der Waals surface area contributed by atoms with E-state index in [4.69, 9.17) is 4.74 Å². The summed E-state index contributed by atoms with van der Waals surface area (Å²) in [5.41, 5.74) is 0.823. The van der Waals surface area contributed by atoms with Crippen LogP contribution in [0.3, 0.4) is 0 Å². The maximum absolute atomic E-state index is 13.0. The summed E-state index contributed by atoms with van der Waals surface area (Å²) in [7, 11) is 1.58. The van der Waals surface area contributed by atoms with E-state index in [0.717, 1.165) is 5.69 Å². The number of benzene rings is 1. The van der Waals surface area contributed by atoms with Crippen LogP contribution in [0, 0.1) is 11.8 Å². The van der Waals surface area contributed by atoms with E-state index in [2.05, 4.69) is 15.5 Å². The SMILES string of the molecule is COCc1nnc(NC(=O)C2CCN(C(=O)C3CC(=O)N(c4ccccc4)C3)CC2)s1. The second kappa shape index (κ2) is 9.52. The monoisotopic (exact) mass is 443 g/mol. The second-order valence-corrected chi connectivity index (χ2v) is 8.83. The zero-order chi connectivity index (χ0) is 21.8. The highest BCUT2D eigenvalue weighted by molar-refractivity contribution is 7.15. The van der Waals surface area contributed by atoms with Crippen LogP contribution in [0.1, 0.15) is 24.3 Å². The molecule has 0 saturated carbocycles. The minimum Gasteiger partial charge on any atom is -0.377 e. The van der Waals surface area contributed by atoms with Crippen molar-refractivity contribution in [3.63, 3.8) is 0 Å². The van der Waals surface area contributed by atoms with Gasteiger partial charge in [0.2, 0.25) is 22.9 Å². The highest BCUT2D eigenvalue weighted by Gasteiger charge is 2.38. The van der Waals surface area contributed by atoms with Crippen LogP contribution in [0.15, 0.2) is 30.3 Å². The molecule has 1 aromatic heterocycles. The van der Waals surface area contributed by atoms with Crippen molar-refractivity contribution in [1.82, 2.24) is 15.1 Å². The van der Waals surface area contributed by atoms with Crippen LogP contribution in [-0.2, 0) is 25.7 Å². The number of carbonyl (C=O) groups is 3. The number of methoxy groups -OCH3 is 1. The van der Waals surface area contributed by atoms with Crippen molar-refractivity contribution in [2.24, 2.45) is 11.8 Å². The predicted octanol–water partition coefficient (Wildman–Crippen LogP) is 1.91. The molecule has 1 aromatic carbocycles. The summed E-state index contributed by atoms with van der Waals surface area (Å²) in [6.45, 7) is 1.79. The van der Waals surface area contributed by atoms with Crippen molar-refractivity contribution >= 4 is 39.9 Å². The molecule has 3 amide bonds. The third-order valence-electron chi connectivity index (χ3n) is 5.68. The molecule has 0 radical (unpaired) electrons. The van der Waals surface area contributed by atoms with Gasteiger partial charge in [0.15, 0.2) is 0 Å². The Labute approximate surface area is 184 Å². The molecule has 2 fully saturated rings. The number of nitrogens with one attached hydrogen (secondary N) is 1. The Morgan fingerprint density at radius 3 is 2.61 bits per heavy atom. The molecule has 0 aliphatic carbocycles. The van der Waals surface area contributed by atoms with E-state index >= 15 is 0 Å². The minimum atomic E-state index is -0.335. The Kier molecular flexibility index (Phi) is 6.57. The van der Waals surface area contributed by atoms with Crippen LogP contribution < -0.4 is 10.2 Å². The molecule has 1 N–H and O–H groups in total. The largest absolute Gasteiger partial charge is 0.377 e. The summed E-state index contributed by atoms with van der Waals surface area (Å²) in [6, 6.07) is 9.42. The van der Waals surface area contributed by atoms with Crippen molar-refractivity contribution in [3.05, 3.63) is 35.3 Å². The first kappa shape index (κ1) is 21.4. The van der Waals surface area contributed by atoms with Gasteiger partial charge < -0.3 is 19.9 Å². The molecule has 0 spiro atoms. The Morgan fingerprint density at radius 2 is 1.90 bits per heavy atom. The number of aromatic nitrogens is 2. The fourth-order valence-electron chi connectivity index (χ4n) is 4.04. The number of hydrogen-bond acceptors (Lipinski definition) is 7. The first-order valence-electron chi connectivity index (χ1n) is 10.3. The lowest BCUT2D eigenvalue weighted by atomic mass is 9.94. The average molecular weight is 444 g/mol. The van der Waals surface area contributed by atoms with Gasteiger partial charge in [0.05, 0.1) is 5.92 Å². The van der Waals surface area contributed by atoms with E-state index in [9.17, 15) is 14.4 Å². The summed E-state index contributed by atoms with van der Waals surface area (Å²) in [6.07, 6.45) is 1.41. The predicted molar refractivity (Wildman–Crippen MR) is 115 cm³/mol. The lowest BCUT2D eigenvalue weighted by Gasteiger charge is -2.32. The topological polar surface area (TPSA) is 105 Å². The van der Waals surface area contributed by atoms with E-state index in [1.54, 1.807) is 16.9 Å². The smallest absolute Gasteiger partial charge is 0.229 e. The molecular formula is C21H25N5O4S. The summed E-state index contributed by atoms with van der Waals surface area (Å²) in [5, 5.41) is 11.9. The molecule has 2 saturated heterocycles. The molecule has 2 aromatic rings. The van der Waals surface area contributed by atoms with Crippen LogP contribution in [0.25, 0.3) is 0 Å². The Morgan fingerprint density at radius 1 is 1.16 bits per heavy atom. The van der Waals surface area contributed by atoms with Crippen LogP contribution >= 0.6 is 11.3 Å². The second-order valence-electron chi connectivity index (χ2n) is 7.76. The third-order valence-corrected chi connectivity index (χ3v) is 6.50. The van der Waals surface area contributed by atoms with E-state index in [-0.39, 0.29) is 36.0 Å². The molecule has 4 rings (SSSR count). The van der Waals surface area contributed by atoms with Gasteiger partial charge in [0.1, 0.15) is 11.6 Å². The maximum atomic E-state index is 13.0. The van der Waals surface area contributed by atoms with Gasteiger partial charge in [-0.2, -0.15) is 0 Å². The number of para-hydroxylation sites is 1. The molecule has 3 heterocycles. The van der Waals surface area contributed by atoms with Crippen molar-refractivity contribution in [2.75, 3.05) is 37.0 Å². The van der Waals surface area contributed by atoms with Crippen molar-refractivity contribution in [3.8, 4) is 0 Å². The minimum absolute atomic E-state index is 0.000954. The number of anilines is 2. The summed E-state index contributed by atoms with van der Waals surface area (Å²) < 4.78 is 5.01. The Hall–Kier alpha value is -2.85. The zero-order valence-corrected chi connectivity index (χ0v) is 18.1. The lowest BCUT2D eigenvalue weighted by Crippen LogP contribution is -2.44. The van der Waals surface area contributed by atoms with Gasteiger partial charge in [0, 0.05) is 44.8 Å². The molecule has 1 atom stereocenters. The highest BCUT2D eigenvalue weighted by atomic mass is 32.1. The number of hydrogen-bond donors (Lipinski definition) is 1. The number of amides is 3. The molecule has 1 unspecified atom stereocenters. The van der Waals surface area contributed by atoms with Gasteiger partial charge in [-0.25, -0.2) is 0 Å². The van der Waals surface area contributed by atoms with Crippen molar-refractivity contribution in [1.29, 1.82) is 0 Å². The van der Waals surface area contributed by atoms with Crippen molar-refractivity contribution < 1.29 is 19.1 Å². The average Bonchev–Trinajstić information content (AvgIpc) is 3.40. The van der Waals surface area contributed by atoms with Gasteiger partial charge >= 0.3 is 0 Å². The Balaban J connectivity index is 1.28. The van der Waals surface area contributed by atoms with Crippen LogP contribution in [0.4, 0.5) is 10.8 Å². The zero-order valence-electron chi connectivity index (χ0n) is 17.3. The first-order valence-corrected chi connectivity index (χ1v) is 11.1. The molecule has 0 bridgehead atoms. The van der Waals surface area contributed by atoms with Crippen LogP contribution in [0.5, 0.6) is 0 Å². The van der Waals surface area contributed by atoms with Crippen molar-refractivity contribution in [2.45, 2.75) is 25.9 Å². The van der Waals surface area contributed by atoms with E-state index < -0.39 is 0 Å². The molecule has 31 heavy (non-hydrogen) atoms. The molecule has 164 valence electrons. The fraction of sp³-hybridized carbons (Fsp3) is 0.476. The number of ether oxygens (including phenoxy) is 1. The van der Waals surface area contributed by atoms with E-state index in [0.29, 0.717) is 49.2 Å². The van der Waals surface area contributed by atoms with Gasteiger partial charge in [-0.05, 0) is 25.0 Å². The van der Waals surface area contributed by atoms with Crippen LogP contribution in [-0.4, -0.2) is 59.6 Å². The number of carbonyl (C=O) groups excluding carboxylic acids is 3.